The smallest absolute Gasteiger partial charge is 0.449 e. The lowest BCUT2D eigenvalue weighted by atomic mass is 10.9. The van der Waals surface area contributed by atoms with Crippen molar-refractivity contribution in [1.29, 1.82) is 0 Å². The standard InChI is InChI=1S/C4H7NO4/c1-5(2)3(6)9-4(7)8/h1-2H3,(H,7,8). The first-order valence-corrected chi connectivity index (χ1v) is 2.16. The zero-order chi connectivity index (χ0) is 7.44. The van der Waals surface area contributed by atoms with Gasteiger partial charge in [-0.05, 0) is 0 Å². The molecule has 0 aliphatic heterocycles. The molecule has 0 atom stereocenters. The van der Waals surface area contributed by atoms with E-state index in [2.05, 4.69) is 4.74 Å². The molecule has 0 aromatic rings. The van der Waals surface area contributed by atoms with E-state index in [-0.39, 0.29) is 0 Å². The van der Waals surface area contributed by atoms with Gasteiger partial charge in [0.1, 0.15) is 0 Å². The summed E-state index contributed by atoms with van der Waals surface area (Å²) >= 11 is 0. The van der Waals surface area contributed by atoms with E-state index in [4.69, 9.17) is 5.11 Å². The van der Waals surface area contributed by atoms with E-state index in [9.17, 15) is 9.59 Å². The minimum absolute atomic E-state index is 0.887. The van der Waals surface area contributed by atoms with Crippen LogP contribution in [0.3, 0.4) is 0 Å². The van der Waals surface area contributed by atoms with Crippen molar-refractivity contribution in [1.82, 2.24) is 4.90 Å². The Kier molecular flexibility index (Phi) is 2.50. The predicted octanol–water partition coefficient (Wildman–Crippen LogP) is 0.363. The molecule has 5 nitrogen and oxygen atoms in total. The van der Waals surface area contributed by atoms with E-state index in [0.717, 1.165) is 4.90 Å². The summed E-state index contributed by atoms with van der Waals surface area (Å²) in [6.45, 7) is 0. The van der Waals surface area contributed by atoms with Crippen LogP contribution in [-0.4, -0.2) is 36.4 Å². The lowest BCUT2D eigenvalue weighted by Crippen LogP contribution is -2.24. The zero-order valence-corrected chi connectivity index (χ0v) is 5.12. The third kappa shape index (κ3) is 3.33. The van der Waals surface area contributed by atoms with Crippen molar-refractivity contribution >= 4 is 12.2 Å². The third-order valence-electron chi connectivity index (χ3n) is 0.540. The summed E-state index contributed by atoms with van der Waals surface area (Å²) in [6.07, 6.45) is -2.48. The molecule has 9 heavy (non-hydrogen) atoms. The Morgan fingerprint density at radius 3 is 2.00 bits per heavy atom. The first-order chi connectivity index (χ1) is 4.04. The molecular formula is C4H7NO4. The average Bonchev–Trinajstić information content (AvgIpc) is 1.63. The van der Waals surface area contributed by atoms with Crippen molar-refractivity contribution in [3.05, 3.63) is 0 Å². The highest BCUT2D eigenvalue weighted by Gasteiger charge is 2.08. The molecule has 1 N–H and O–H groups in total. The molecule has 0 saturated carbocycles. The highest BCUT2D eigenvalue weighted by atomic mass is 16.7. The van der Waals surface area contributed by atoms with Gasteiger partial charge in [0.15, 0.2) is 0 Å². The lowest BCUT2D eigenvalue weighted by molar-refractivity contribution is 0.0957. The van der Waals surface area contributed by atoms with E-state index in [1.54, 1.807) is 0 Å². The molecule has 1 amide bonds. The highest BCUT2D eigenvalue weighted by molar-refractivity contribution is 5.79. The van der Waals surface area contributed by atoms with Gasteiger partial charge in [-0.25, -0.2) is 9.59 Å². The van der Waals surface area contributed by atoms with E-state index in [0.29, 0.717) is 0 Å². The van der Waals surface area contributed by atoms with Crippen LogP contribution in [0, 0.1) is 0 Å². The van der Waals surface area contributed by atoms with Crippen LogP contribution >= 0.6 is 0 Å². The molecule has 0 heterocycles. The van der Waals surface area contributed by atoms with Gasteiger partial charge in [-0.2, -0.15) is 0 Å². The molecule has 0 fully saturated rings. The van der Waals surface area contributed by atoms with Crippen molar-refractivity contribution in [2.24, 2.45) is 0 Å². The largest absolute Gasteiger partial charge is 0.514 e. The first-order valence-electron chi connectivity index (χ1n) is 2.16. The number of hydrogen-bond acceptors (Lipinski definition) is 3. The molecule has 0 saturated heterocycles. The van der Waals surface area contributed by atoms with E-state index in [1.807, 2.05) is 0 Å². The lowest BCUT2D eigenvalue weighted by Gasteiger charge is -2.05. The predicted molar refractivity (Wildman–Crippen MR) is 28.2 cm³/mol. The minimum Gasteiger partial charge on any atom is -0.449 e. The fourth-order valence-electron chi connectivity index (χ4n) is 0.166. The van der Waals surface area contributed by atoms with E-state index in [1.165, 1.54) is 14.1 Å². The van der Waals surface area contributed by atoms with Crippen LogP contribution < -0.4 is 0 Å². The number of carbonyl (C=O) groups is 2. The zero-order valence-electron chi connectivity index (χ0n) is 5.12. The molecule has 0 aromatic heterocycles. The van der Waals surface area contributed by atoms with Crippen molar-refractivity contribution < 1.29 is 19.4 Å². The minimum atomic E-state index is -1.59. The van der Waals surface area contributed by atoms with Gasteiger partial charge >= 0.3 is 12.2 Å². The number of hydrogen-bond donors (Lipinski definition) is 1. The SMILES string of the molecule is CN(C)C(=O)OC(=O)O. The van der Waals surface area contributed by atoms with Crippen LogP contribution in [-0.2, 0) is 4.74 Å². The van der Waals surface area contributed by atoms with E-state index < -0.39 is 12.2 Å². The molecule has 52 valence electrons. The number of rotatable bonds is 0. The van der Waals surface area contributed by atoms with Crippen molar-refractivity contribution in [3.8, 4) is 0 Å². The third-order valence-corrected chi connectivity index (χ3v) is 0.540. The monoisotopic (exact) mass is 133 g/mol. The molecule has 0 radical (unpaired) electrons. The van der Waals surface area contributed by atoms with Crippen molar-refractivity contribution in [2.75, 3.05) is 14.1 Å². The molecule has 0 spiro atoms. The molecule has 0 unspecified atom stereocenters. The van der Waals surface area contributed by atoms with Gasteiger partial charge in [-0.15, -0.1) is 0 Å². The summed E-state index contributed by atoms with van der Waals surface area (Å²) in [5, 5.41) is 7.86. The summed E-state index contributed by atoms with van der Waals surface area (Å²) in [5.74, 6) is 0. The van der Waals surface area contributed by atoms with Crippen LogP contribution in [0.4, 0.5) is 9.59 Å². The van der Waals surface area contributed by atoms with Gasteiger partial charge < -0.3 is 14.7 Å². The van der Waals surface area contributed by atoms with Gasteiger partial charge in [-0.1, -0.05) is 0 Å². The maximum atomic E-state index is 10.3. The van der Waals surface area contributed by atoms with Crippen molar-refractivity contribution in [3.63, 3.8) is 0 Å². The maximum Gasteiger partial charge on any atom is 0.514 e. The Bertz CT molecular complexity index is 131. The Morgan fingerprint density at radius 1 is 1.44 bits per heavy atom. The van der Waals surface area contributed by atoms with Crippen molar-refractivity contribution in [2.45, 2.75) is 0 Å². The normalized spacial score (nSPS) is 8.22. The molecule has 0 bridgehead atoms. The summed E-state index contributed by atoms with van der Waals surface area (Å²) in [6, 6.07) is 0. The van der Waals surface area contributed by atoms with Gasteiger partial charge in [0, 0.05) is 14.1 Å². The van der Waals surface area contributed by atoms with Crippen LogP contribution in [0.15, 0.2) is 0 Å². The van der Waals surface area contributed by atoms with Crippen LogP contribution in [0.2, 0.25) is 0 Å². The average molecular weight is 133 g/mol. The first kappa shape index (κ1) is 7.74. The Labute approximate surface area is 51.8 Å². The second kappa shape index (κ2) is 2.91. The van der Waals surface area contributed by atoms with Gasteiger partial charge in [0.25, 0.3) is 0 Å². The molecule has 0 aliphatic rings. The Hall–Kier alpha value is -1.26. The molecule has 0 rings (SSSR count). The van der Waals surface area contributed by atoms with E-state index >= 15 is 0 Å². The summed E-state index contributed by atoms with van der Waals surface area (Å²) in [4.78, 5) is 20.9. The number of amides is 1. The second-order valence-electron chi connectivity index (χ2n) is 1.53. The van der Waals surface area contributed by atoms with Gasteiger partial charge in [0.05, 0.1) is 0 Å². The molecule has 0 aromatic carbocycles. The summed E-state index contributed by atoms with van der Waals surface area (Å²) in [7, 11) is 2.79. The molecule has 5 heteroatoms. The fraction of sp³-hybridized carbons (Fsp3) is 0.500. The topological polar surface area (TPSA) is 66.8 Å². The number of carbonyl (C=O) groups excluding carboxylic acids is 1. The Morgan fingerprint density at radius 2 is 1.89 bits per heavy atom. The van der Waals surface area contributed by atoms with Crippen LogP contribution in [0.5, 0.6) is 0 Å². The highest BCUT2D eigenvalue weighted by Crippen LogP contribution is 1.84. The summed E-state index contributed by atoms with van der Waals surface area (Å²) in [5.41, 5.74) is 0. The van der Waals surface area contributed by atoms with Crippen LogP contribution in [0.25, 0.3) is 0 Å². The quantitative estimate of drug-likeness (QED) is 0.382. The maximum absolute atomic E-state index is 10.3. The molecule has 0 aliphatic carbocycles. The molecular weight excluding hydrogens is 126 g/mol. The van der Waals surface area contributed by atoms with Gasteiger partial charge in [0.2, 0.25) is 0 Å². The van der Waals surface area contributed by atoms with Gasteiger partial charge in [-0.3, -0.25) is 0 Å². The number of ether oxygens (including phenoxy) is 1. The van der Waals surface area contributed by atoms with Crippen LogP contribution in [0.1, 0.15) is 0 Å². The fourth-order valence-corrected chi connectivity index (χ4v) is 0.166. The second-order valence-corrected chi connectivity index (χ2v) is 1.53. The number of nitrogens with zero attached hydrogens (tertiary/aromatic N) is 1. The Balaban J connectivity index is 3.64. The summed E-state index contributed by atoms with van der Waals surface area (Å²) < 4.78 is 3.72. The number of carboxylic acid groups (broad SMARTS) is 1.